The fourth-order valence-corrected chi connectivity index (χ4v) is 4.50. The van der Waals surface area contributed by atoms with E-state index in [4.69, 9.17) is 14.2 Å². The summed E-state index contributed by atoms with van der Waals surface area (Å²) in [6.07, 6.45) is 10.5. The Morgan fingerprint density at radius 3 is 2.41 bits per heavy atom. The maximum atomic E-state index is 9.76. The number of hydrogen-bond donors (Lipinski definition) is 1. The highest BCUT2D eigenvalue weighted by atomic mass is 16.7. The molecule has 4 heteroatoms. The largest absolute Gasteiger partial charge is 0.390 e. The molecule has 4 nitrogen and oxygen atoms in total. The third kappa shape index (κ3) is 4.02. The Kier molecular flexibility index (Phi) is 4.84. The maximum Gasteiger partial charge on any atom is 0.169 e. The number of hydrogen-bond acceptors (Lipinski definition) is 4. The van der Waals surface area contributed by atoms with E-state index in [1.165, 1.54) is 25.7 Å². The van der Waals surface area contributed by atoms with Crippen LogP contribution < -0.4 is 0 Å². The van der Waals surface area contributed by atoms with Crippen molar-refractivity contribution < 1.29 is 19.3 Å². The molecule has 3 aliphatic rings. The lowest BCUT2D eigenvalue weighted by atomic mass is 9.63. The van der Waals surface area contributed by atoms with E-state index in [0.29, 0.717) is 24.5 Å². The van der Waals surface area contributed by atoms with Gasteiger partial charge < -0.3 is 19.3 Å². The average molecular weight is 312 g/mol. The van der Waals surface area contributed by atoms with Crippen LogP contribution in [0.15, 0.2) is 0 Å². The Hall–Kier alpha value is -0.160. The highest BCUT2D eigenvalue weighted by Crippen LogP contribution is 2.53. The van der Waals surface area contributed by atoms with E-state index in [-0.39, 0.29) is 5.79 Å². The smallest absolute Gasteiger partial charge is 0.169 e. The van der Waals surface area contributed by atoms with Gasteiger partial charge in [0.2, 0.25) is 0 Å². The first-order chi connectivity index (χ1) is 10.4. The second-order valence-corrected chi connectivity index (χ2v) is 8.27. The van der Waals surface area contributed by atoms with Gasteiger partial charge in [0, 0.05) is 19.4 Å². The fraction of sp³-hybridized carbons (Fsp3) is 1.00. The molecule has 0 atom stereocenters. The summed E-state index contributed by atoms with van der Waals surface area (Å²) < 4.78 is 17.9. The van der Waals surface area contributed by atoms with Crippen LogP contribution >= 0.6 is 0 Å². The third-order valence-electron chi connectivity index (χ3n) is 5.78. The number of ether oxygens (including phenoxy) is 3. The van der Waals surface area contributed by atoms with Crippen LogP contribution in [0.5, 0.6) is 0 Å². The molecule has 0 aromatic heterocycles. The monoisotopic (exact) mass is 312 g/mol. The van der Waals surface area contributed by atoms with Gasteiger partial charge in [-0.25, -0.2) is 0 Å². The molecule has 0 unspecified atom stereocenters. The summed E-state index contributed by atoms with van der Waals surface area (Å²) in [7, 11) is 0. The van der Waals surface area contributed by atoms with E-state index in [9.17, 15) is 5.11 Å². The zero-order valence-corrected chi connectivity index (χ0v) is 14.2. The summed E-state index contributed by atoms with van der Waals surface area (Å²) in [5, 5.41) is 9.76. The molecule has 2 aliphatic carbocycles. The number of rotatable bonds is 4. The van der Waals surface area contributed by atoms with Gasteiger partial charge in [-0.15, -0.1) is 0 Å². The van der Waals surface area contributed by atoms with Crippen LogP contribution in [0.25, 0.3) is 0 Å². The van der Waals surface area contributed by atoms with Gasteiger partial charge in [-0.1, -0.05) is 0 Å². The first-order valence-electron chi connectivity index (χ1n) is 9.02. The van der Waals surface area contributed by atoms with Crippen LogP contribution in [0, 0.1) is 5.41 Å². The fourth-order valence-electron chi connectivity index (χ4n) is 4.50. The molecule has 0 bridgehead atoms. The normalized spacial score (nSPS) is 35.3. The molecular formula is C18H32O4. The Balaban J connectivity index is 1.46. The summed E-state index contributed by atoms with van der Waals surface area (Å²) in [5.41, 5.74) is -0.207. The highest BCUT2D eigenvalue weighted by Gasteiger charge is 2.49. The summed E-state index contributed by atoms with van der Waals surface area (Å²) in [5.74, 6) is -0.257. The zero-order chi connectivity index (χ0) is 15.7. The minimum atomic E-state index is -0.622. The lowest BCUT2D eigenvalue weighted by Gasteiger charge is -2.48. The van der Waals surface area contributed by atoms with Crippen LogP contribution in [0.3, 0.4) is 0 Å². The van der Waals surface area contributed by atoms with Gasteiger partial charge in [-0.05, 0) is 64.2 Å². The van der Waals surface area contributed by atoms with Crippen LogP contribution in [-0.2, 0) is 14.2 Å². The van der Waals surface area contributed by atoms with Gasteiger partial charge in [0.05, 0.1) is 24.9 Å². The van der Waals surface area contributed by atoms with E-state index >= 15 is 0 Å². The van der Waals surface area contributed by atoms with Gasteiger partial charge in [-0.2, -0.15) is 0 Å². The van der Waals surface area contributed by atoms with E-state index in [0.717, 1.165) is 38.9 Å². The molecule has 1 aliphatic heterocycles. The molecule has 128 valence electrons. The Bertz CT molecular complexity index is 360. The molecular weight excluding hydrogens is 280 g/mol. The summed E-state index contributed by atoms with van der Waals surface area (Å²) in [6.45, 7) is 5.87. The van der Waals surface area contributed by atoms with Gasteiger partial charge in [0.25, 0.3) is 0 Å². The Labute approximate surface area is 134 Å². The predicted octanol–water partition coefficient (Wildman–Crippen LogP) is 3.41. The maximum absolute atomic E-state index is 9.76. The predicted molar refractivity (Wildman–Crippen MR) is 84.7 cm³/mol. The first kappa shape index (κ1) is 16.7. The van der Waals surface area contributed by atoms with Crippen LogP contribution in [0.1, 0.15) is 71.6 Å². The minimum Gasteiger partial charge on any atom is -0.390 e. The second-order valence-electron chi connectivity index (χ2n) is 8.27. The van der Waals surface area contributed by atoms with Crippen molar-refractivity contribution in [3.63, 3.8) is 0 Å². The molecule has 3 fully saturated rings. The third-order valence-corrected chi connectivity index (χ3v) is 5.78. The molecule has 1 heterocycles. The van der Waals surface area contributed by atoms with E-state index < -0.39 is 5.60 Å². The molecule has 1 saturated heterocycles. The van der Waals surface area contributed by atoms with Crippen molar-refractivity contribution in [2.45, 2.75) is 89.1 Å². The lowest BCUT2D eigenvalue weighted by molar-refractivity contribution is -0.209. The average Bonchev–Trinajstić information content (AvgIpc) is 2.88. The van der Waals surface area contributed by atoms with Crippen LogP contribution in [0.4, 0.5) is 0 Å². The molecule has 0 aromatic rings. The number of aliphatic hydroxyl groups is 1. The van der Waals surface area contributed by atoms with Gasteiger partial charge in [0.1, 0.15) is 0 Å². The Morgan fingerprint density at radius 1 is 1.09 bits per heavy atom. The van der Waals surface area contributed by atoms with Crippen molar-refractivity contribution in [2.75, 3.05) is 19.8 Å². The van der Waals surface area contributed by atoms with Crippen molar-refractivity contribution in [3.05, 3.63) is 0 Å². The van der Waals surface area contributed by atoms with Gasteiger partial charge in [0.15, 0.2) is 5.79 Å². The van der Waals surface area contributed by atoms with Crippen molar-refractivity contribution in [1.29, 1.82) is 0 Å². The van der Waals surface area contributed by atoms with Crippen LogP contribution in [-0.4, -0.2) is 42.4 Å². The molecule has 0 amide bonds. The zero-order valence-electron chi connectivity index (χ0n) is 14.2. The molecule has 22 heavy (non-hydrogen) atoms. The van der Waals surface area contributed by atoms with Crippen molar-refractivity contribution >= 4 is 0 Å². The van der Waals surface area contributed by atoms with Crippen molar-refractivity contribution in [2.24, 2.45) is 5.41 Å². The summed E-state index contributed by atoms with van der Waals surface area (Å²) in [6, 6.07) is 0. The van der Waals surface area contributed by atoms with E-state index in [2.05, 4.69) is 0 Å². The van der Waals surface area contributed by atoms with E-state index in [1.54, 1.807) is 0 Å². The minimum absolute atomic E-state index is 0.257. The molecule has 0 aromatic carbocycles. The van der Waals surface area contributed by atoms with Gasteiger partial charge in [-0.3, -0.25) is 0 Å². The first-order valence-corrected chi connectivity index (χ1v) is 9.02. The summed E-state index contributed by atoms with van der Waals surface area (Å²) >= 11 is 0. The van der Waals surface area contributed by atoms with Crippen LogP contribution in [0.2, 0.25) is 0 Å². The quantitative estimate of drug-likeness (QED) is 0.864. The second kappa shape index (κ2) is 6.39. The lowest BCUT2D eigenvalue weighted by Crippen LogP contribution is -2.44. The molecule has 1 N–H and O–H groups in total. The molecule has 2 spiro atoms. The SMILES string of the molecule is CC(C)(O)CCOC1CCC2(CCCC3(C2)OCCO3)CC1. The molecule has 2 saturated carbocycles. The Morgan fingerprint density at radius 2 is 1.77 bits per heavy atom. The van der Waals surface area contributed by atoms with Crippen molar-refractivity contribution in [1.82, 2.24) is 0 Å². The molecule has 3 rings (SSSR count). The summed E-state index contributed by atoms with van der Waals surface area (Å²) in [4.78, 5) is 0. The molecule has 0 radical (unpaired) electrons. The topological polar surface area (TPSA) is 47.9 Å². The van der Waals surface area contributed by atoms with Gasteiger partial charge >= 0.3 is 0 Å². The van der Waals surface area contributed by atoms with E-state index in [1.807, 2.05) is 13.8 Å². The van der Waals surface area contributed by atoms with Crippen molar-refractivity contribution in [3.8, 4) is 0 Å². The highest BCUT2D eigenvalue weighted by molar-refractivity contribution is 4.95. The standard InChI is InChI=1S/C18H32O4/c1-16(2,19)10-11-20-15-4-8-17(9-5-15)6-3-7-18(14-17)21-12-13-22-18/h15,19H,3-14H2,1-2H3.